The van der Waals surface area contributed by atoms with Gasteiger partial charge in [0.1, 0.15) is 17.9 Å². The number of aryl methyl sites for hydroxylation is 1. The van der Waals surface area contributed by atoms with Crippen LogP contribution < -0.4 is 10.1 Å². The number of benzene rings is 1. The molecule has 0 aliphatic heterocycles. The number of aromatic nitrogens is 3. The molecule has 1 aromatic carbocycles. The van der Waals surface area contributed by atoms with Crippen LogP contribution in [-0.4, -0.2) is 28.2 Å². The highest BCUT2D eigenvalue weighted by Gasteiger charge is 2.12. The lowest BCUT2D eigenvalue weighted by Crippen LogP contribution is -2.27. The number of hydrogen-bond donors (Lipinski definition) is 2. The summed E-state index contributed by atoms with van der Waals surface area (Å²) in [5.41, 5.74) is 0.989. The highest BCUT2D eigenvalue weighted by Crippen LogP contribution is 2.25. The van der Waals surface area contributed by atoms with Gasteiger partial charge < -0.3 is 10.1 Å². The van der Waals surface area contributed by atoms with Crippen LogP contribution in [0.2, 0.25) is 5.02 Å². The molecule has 1 amide bonds. The van der Waals surface area contributed by atoms with Crippen LogP contribution in [-0.2, 0) is 11.2 Å². The van der Waals surface area contributed by atoms with Crippen LogP contribution in [0.5, 0.6) is 5.75 Å². The van der Waals surface area contributed by atoms with Crippen LogP contribution in [0.25, 0.3) is 0 Å². The quantitative estimate of drug-likeness (QED) is 0.858. The van der Waals surface area contributed by atoms with E-state index in [2.05, 4.69) is 20.5 Å². The van der Waals surface area contributed by atoms with E-state index in [1.807, 2.05) is 19.1 Å². The molecule has 0 saturated carbocycles. The minimum Gasteiger partial charge on any atom is -0.495 e. The number of aromatic amines is 1. The van der Waals surface area contributed by atoms with E-state index < -0.39 is 0 Å². The van der Waals surface area contributed by atoms with Crippen LogP contribution >= 0.6 is 11.6 Å². The molecule has 0 saturated heterocycles. The van der Waals surface area contributed by atoms with Gasteiger partial charge in [-0.25, -0.2) is 4.98 Å². The molecule has 0 aliphatic carbocycles. The number of amides is 1. The Bertz CT molecular complexity index is 601. The maximum Gasteiger partial charge on any atom is 0.220 e. The van der Waals surface area contributed by atoms with Gasteiger partial charge in [0.25, 0.3) is 0 Å². The molecule has 2 rings (SSSR count). The van der Waals surface area contributed by atoms with Crippen LogP contribution in [0.4, 0.5) is 0 Å². The zero-order chi connectivity index (χ0) is 15.2. The first kappa shape index (κ1) is 15.3. The van der Waals surface area contributed by atoms with Gasteiger partial charge in [0.2, 0.25) is 5.91 Å². The van der Waals surface area contributed by atoms with Gasteiger partial charge in [-0.3, -0.25) is 9.89 Å². The summed E-state index contributed by atoms with van der Waals surface area (Å²) in [6.45, 7) is 1.85. The first-order valence-electron chi connectivity index (χ1n) is 6.57. The predicted molar refractivity (Wildman–Crippen MR) is 79.3 cm³/mol. The monoisotopic (exact) mass is 308 g/mol. The SMILES string of the molecule is COc1ccc(CCC(=O)NC(C)c2ncn[nH]2)cc1Cl. The normalized spacial score (nSPS) is 12.0. The average Bonchev–Trinajstić information content (AvgIpc) is 2.99. The van der Waals surface area contributed by atoms with Gasteiger partial charge in [-0.05, 0) is 31.0 Å². The fraction of sp³-hybridized carbons (Fsp3) is 0.357. The molecule has 1 atom stereocenters. The summed E-state index contributed by atoms with van der Waals surface area (Å²) in [6.07, 6.45) is 2.40. The third kappa shape index (κ3) is 4.19. The van der Waals surface area contributed by atoms with Gasteiger partial charge in [0.15, 0.2) is 0 Å². The number of H-pyrrole nitrogens is 1. The Labute approximate surface area is 127 Å². The number of methoxy groups -OCH3 is 1. The van der Waals surface area contributed by atoms with Gasteiger partial charge in [-0.2, -0.15) is 5.10 Å². The Kier molecular flexibility index (Phi) is 5.16. The van der Waals surface area contributed by atoms with Crippen molar-refractivity contribution in [1.82, 2.24) is 20.5 Å². The van der Waals surface area contributed by atoms with Crippen molar-refractivity contribution in [2.75, 3.05) is 7.11 Å². The van der Waals surface area contributed by atoms with Crippen molar-refractivity contribution in [3.63, 3.8) is 0 Å². The lowest BCUT2D eigenvalue weighted by Gasteiger charge is -2.11. The lowest BCUT2D eigenvalue weighted by atomic mass is 10.1. The summed E-state index contributed by atoms with van der Waals surface area (Å²) in [7, 11) is 1.57. The Morgan fingerprint density at radius 3 is 2.95 bits per heavy atom. The van der Waals surface area contributed by atoms with Crippen molar-refractivity contribution in [2.24, 2.45) is 0 Å². The summed E-state index contributed by atoms with van der Waals surface area (Å²) in [5.74, 6) is 1.21. The second-order valence-corrected chi connectivity index (χ2v) is 5.04. The van der Waals surface area contributed by atoms with Crippen LogP contribution in [0.3, 0.4) is 0 Å². The van der Waals surface area contributed by atoms with Crippen molar-refractivity contribution in [3.8, 4) is 5.75 Å². The fourth-order valence-corrected chi connectivity index (χ4v) is 2.21. The minimum absolute atomic E-state index is 0.0501. The minimum atomic E-state index is -0.195. The number of ether oxygens (including phenoxy) is 1. The van der Waals surface area contributed by atoms with Gasteiger partial charge in [0, 0.05) is 6.42 Å². The highest BCUT2D eigenvalue weighted by molar-refractivity contribution is 6.32. The molecule has 112 valence electrons. The Morgan fingerprint density at radius 2 is 2.33 bits per heavy atom. The van der Waals surface area contributed by atoms with Crippen LogP contribution in [0, 0.1) is 0 Å². The molecule has 21 heavy (non-hydrogen) atoms. The van der Waals surface area contributed by atoms with Crippen molar-refractivity contribution in [2.45, 2.75) is 25.8 Å². The van der Waals surface area contributed by atoms with E-state index in [4.69, 9.17) is 16.3 Å². The van der Waals surface area contributed by atoms with E-state index in [0.717, 1.165) is 5.56 Å². The number of carbonyl (C=O) groups excluding carboxylic acids is 1. The predicted octanol–water partition coefficient (Wildman–Crippen LogP) is 2.28. The molecule has 0 fully saturated rings. The third-order valence-electron chi connectivity index (χ3n) is 3.08. The summed E-state index contributed by atoms with van der Waals surface area (Å²) in [6, 6.07) is 5.32. The van der Waals surface area contributed by atoms with E-state index in [-0.39, 0.29) is 11.9 Å². The molecular formula is C14H17ClN4O2. The standard InChI is InChI=1S/C14H17ClN4O2/c1-9(14-16-8-17-19-14)18-13(20)6-4-10-3-5-12(21-2)11(15)7-10/h3,5,7-9H,4,6H2,1-2H3,(H,18,20)(H,16,17,19). The van der Waals surface area contributed by atoms with E-state index in [0.29, 0.717) is 29.4 Å². The van der Waals surface area contributed by atoms with Crippen molar-refractivity contribution >= 4 is 17.5 Å². The number of hydrogen-bond acceptors (Lipinski definition) is 4. The number of rotatable bonds is 6. The molecule has 7 heteroatoms. The molecule has 2 aromatic rings. The summed E-state index contributed by atoms with van der Waals surface area (Å²) < 4.78 is 5.09. The van der Waals surface area contributed by atoms with Gasteiger partial charge in [0.05, 0.1) is 18.2 Å². The van der Waals surface area contributed by atoms with E-state index in [9.17, 15) is 4.79 Å². The van der Waals surface area contributed by atoms with E-state index in [1.54, 1.807) is 13.2 Å². The average molecular weight is 309 g/mol. The number of carbonyl (C=O) groups is 1. The highest BCUT2D eigenvalue weighted by atomic mass is 35.5. The molecule has 0 bridgehead atoms. The van der Waals surface area contributed by atoms with Crippen molar-refractivity contribution in [1.29, 1.82) is 0 Å². The summed E-state index contributed by atoms with van der Waals surface area (Å²) in [5, 5.41) is 9.89. The Balaban J connectivity index is 1.85. The Hall–Kier alpha value is -2.08. The smallest absolute Gasteiger partial charge is 0.220 e. The zero-order valence-electron chi connectivity index (χ0n) is 11.9. The molecule has 1 unspecified atom stereocenters. The molecule has 0 aliphatic rings. The van der Waals surface area contributed by atoms with Gasteiger partial charge >= 0.3 is 0 Å². The van der Waals surface area contributed by atoms with Crippen molar-refractivity contribution in [3.05, 3.63) is 40.9 Å². The number of nitrogens with zero attached hydrogens (tertiary/aromatic N) is 2. The summed E-state index contributed by atoms with van der Waals surface area (Å²) in [4.78, 5) is 15.9. The topological polar surface area (TPSA) is 79.9 Å². The number of halogens is 1. The maximum absolute atomic E-state index is 11.9. The van der Waals surface area contributed by atoms with Crippen molar-refractivity contribution < 1.29 is 9.53 Å². The lowest BCUT2D eigenvalue weighted by molar-refractivity contribution is -0.121. The molecule has 1 heterocycles. The molecular weight excluding hydrogens is 292 g/mol. The fourth-order valence-electron chi connectivity index (χ4n) is 1.93. The van der Waals surface area contributed by atoms with E-state index >= 15 is 0 Å². The largest absolute Gasteiger partial charge is 0.495 e. The van der Waals surface area contributed by atoms with E-state index in [1.165, 1.54) is 6.33 Å². The van der Waals surface area contributed by atoms with Gasteiger partial charge in [-0.15, -0.1) is 0 Å². The zero-order valence-corrected chi connectivity index (χ0v) is 12.6. The summed E-state index contributed by atoms with van der Waals surface area (Å²) >= 11 is 6.05. The molecule has 1 aromatic heterocycles. The molecule has 2 N–H and O–H groups in total. The second-order valence-electron chi connectivity index (χ2n) is 4.63. The van der Waals surface area contributed by atoms with Gasteiger partial charge in [-0.1, -0.05) is 17.7 Å². The molecule has 0 radical (unpaired) electrons. The maximum atomic E-state index is 11.9. The van der Waals surface area contributed by atoms with Crippen LogP contribution in [0.1, 0.15) is 30.8 Å². The number of nitrogens with one attached hydrogen (secondary N) is 2. The van der Waals surface area contributed by atoms with Crippen LogP contribution in [0.15, 0.2) is 24.5 Å². The first-order valence-corrected chi connectivity index (χ1v) is 6.95. The second kappa shape index (κ2) is 7.08. The Morgan fingerprint density at radius 1 is 1.52 bits per heavy atom. The third-order valence-corrected chi connectivity index (χ3v) is 3.37. The first-order chi connectivity index (χ1) is 10.1. The molecule has 0 spiro atoms. The molecule has 6 nitrogen and oxygen atoms in total.